The minimum atomic E-state index is -0.686. The Labute approximate surface area is 82.3 Å². The van der Waals surface area contributed by atoms with Gasteiger partial charge in [0.1, 0.15) is 5.56 Å². The molecule has 0 saturated heterocycles. The van der Waals surface area contributed by atoms with Crippen LogP contribution in [0.15, 0.2) is 23.1 Å². The van der Waals surface area contributed by atoms with E-state index in [1.165, 1.54) is 10.6 Å². The van der Waals surface area contributed by atoms with Gasteiger partial charge in [-0.25, -0.2) is 0 Å². The summed E-state index contributed by atoms with van der Waals surface area (Å²) in [6.45, 7) is 5.66. The van der Waals surface area contributed by atoms with Crippen molar-refractivity contribution in [3.05, 3.63) is 34.2 Å². The maximum absolute atomic E-state index is 11.7. The highest BCUT2D eigenvalue weighted by Gasteiger charge is 2.17. The summed E-state index contributed by atoms with van der Waals surface area (Å²) in [7, 11) is 0. The molecule has 1 aromatic heterocycles. The minimum Gasteiger partial charge on any atom is -0.365 e. The lowest BCUT2D eigenvalue weighted by atomic mass is 10.1. The molecule has 76 valence electrons. The van der Waals surface area contributed by atoms with Crippen LogP contribution in [-0.2, 0) is 5.54 Å². The van der Waals surface area contributed by atoms with Gasteiger partial charge in [-0.1, -0.05) is 0 Å². The molecule has 4 heteroatoms. The number of carbonyl (C=O) groups excluding carboxylic acids is 1. The van der Waals surface area contributed by atoms with Crippen molar-refractivity contribution in [3.63, 3.8) is 0 Å². The van der Waals surface area contributed by atoms with Crippen LogP contribution >= 0.6 is 0 Å². The second-order valence-corrected chi connectivity index (χ2v) is 4.13. The Balaban J connectivity index is 3.44. The third-order valence-corrected chi connectivity index (χ3v) is 1.94. The summed E-state index contributed by atoms with van der Waals surface area (Å²) in [6, 6.07) is 3.08. The van der Waals surface area contributed by atoms with Crippen LogP contribution in [0.25, 0.3) is 0 Å². The Bertz CT molecular complexity index is 413. The lowest BCUT2D eigenvalue weighted by Crippen LogP contribution is -2.37. The molecule has 0 aromatic carbocycles. The Kier molecular flexibility index (Phi) is 2.47. The molecule has 1 heterocycles. The number of aromatic nitrogens is 1. The Hall–Kier alpha value is -1.58. The summed E-state index contributed by atoms with van der Waals surface area (Å²) in [5, 5.41) is 0. The summed E-state index contributed by atoms with van der Waals surface area (Å²) in [5.41, 5.74) is 4.42. The van der Waals surface area contributed by atoms with Crippen LogP contribution in [0.1, 0.15) is 31.1 Å². The van der Waals surface area contributed by atoms with E-state index in [0.717, 1.165) is 0 Å². The van der Waals surface area contributed by atoms with E-state index in [1.807, 2.05) is 20.8 Å². The van der Waals surface area contributed by atoms with Gasteiger partial charge in [-0.15, -0.1) is 0 Å². The normalized spacial score (nSPS) is 11.4. The molecule has 14 heavy (non-hydrogen) atoms. The van der Waals surface area contributed by atoms with Crippen LogP contribution in [0.5, 0.6) is 0 Å². The van der Waals surface area contributed by atoms with Crippen molar-refractivity contribution in [2.45, 2.75) is 26.3 Å². The molecule has 4 nitrogen and oxygen atoms in total. The van der Waals surface area contributed by atoms with Gasteiger partial charge in [0, 0.05) is 11.7 Å². The van der Waals surface area contributed by atoms with Crippen molar-refractivity contribution in [2.75, 3.05) is 0 Å². The number of hydrogen-bond acceptors (Lipinski definition) is 2. The van der Waals surface area contributed by atoms with Crippen molar-refractivity contribution >= 4 is 5.91 Å². The molecule has 0 aliphatic carbocycles. The Morgan fingerprint density at radius 1 is 1.43 bits per heavy atom. The van der Waals surface area contributed by atoms with Gasteiger partial charge in [-0.05, 0) is 32.9 Å². The van der Waals surface area contributed by atoms with E-state index >= 15 is 0 Å². The summed E-state index contributed by atoms with van der Waals surface area (Å²) in [6.07, 6.45) is 1.65. The second kappa shape index (κ2) is 3.29. The molecule has 0 bridgehead atoms. The van der Waals surface area contributed by atoms with E-state index in [9.17, 15) is 9.59 Å². The topological polar surface area (TPSA) is 65.1 Å². The van der Waals surface area contributed by atoms with E-state index in [-0.39, 0.29) is 16.7 Å². The van der Waals surface area contributed by atoms with Crippen LogP contribution in [0.3, 0.4) is 0 Å². The predicted octanol–water partition coefficient (Wildman–Crippen LogP) is 0.702. The number of pyridine rings is 1. The van der Waals surface area contributed by atoms with Crippen LogP contribution in [-0.4, -0.2) is 10.5 Å². The van der Waals surface area contributed by atoms with Crippen LogP contribution < -0.4 is 11.3 Å². The second-order valence-electron chi connectivity index (χ2n) is 4.13. The predicted molar refractivity (Wildman–Crippen MR) is 54.2 cm³/mol. The zero-order valence-electron chi connectivity index (χ0n) is 8.57. The maximum Gasteiger partial charge on any atom is 0.263 e. The average molecular weight is 194 g/mol. The first kappa shape index (κ1) is 10.5. The lowest BCUT2D eigenvalue weighted by Gasteiger charge is -2.22. The molecular formula is C10H14N2O2. The highest BCUT2D eigenvalue weighted by Crippen LogP contribution is 2.10. The van der Waals surface area contributed by atoms with Gasteiger partial charge in [0.05, 0.1) is 0 Å². The van der Waals surface area contributed by atoms with Crippen molar-refractivity contribution in [3.8, 4) is 0 Å². The van der Waals surface area contributed by atoms with Gasteiger partial charge in [-0.3, -0.25) is 9.59 Å². The average Bonchev–Trinajstić information content (AvgIpc) is 2.01. The zero-order valence-corrected chi connectivity index (χ0v) is 8.57. The molecule has 2 N–H and O–H groups in total. The van der Waals surface area contributed by atoms with E-state index in [1.54, 1.807) is 12.3 Å². The van der Waals surface area contributed by atoms with Gasteiger partial charge in [-0.2, -0.15) is 0 Å². The summed E-state index contributed by atoms with van der Waals surface area (Å²) >= 11 is 0. The molecule has 0 aliphatic rings. The quantitative estimate of drug-likeness (QED) is 0.715. The zero-order chi connectivity index (χ0) is 10.9. The fourth-order valence-electron chi connectivity index (χ4n) is 1.21. The molecule has 1 aromatic rings. The molecule has 0 radical (unpaired) electrons. The highest BCUT2D eigenvalue weighted by atomic mass is 16.2. The van der Waals surface area contributed by atoms with Crippen molar-refractivity contribution < 1.29 is 4.79 Å². The van der Waals surface area contributed by atoms with Crippen LogP contribution in [0, 0.1) is 0 Å². The first-order chi connectivity index (χ1) is 6.34. The van der Waals surface area contributed by atoms with E-state index in [0.29, 0.717) is 0 Å². The molecule has 0 atom stereocenters. The first-order valence-corrected chi connectivity index (χ1v) is 4.36. The molecule has 0 fully saturated rings. The first-order valence-electron chi connectivity index (χ1n) is 4.36. The van der Waals surface area contributed by atoms with Crippen LogP contribution in [0.2, 0.25) is 0 Å². The number of primary amides is 1. The fourth-order valence-corrected chi connectivity index (χ4v) is 1.21. The number of hydrogen-bond donors (Lipinski definition) is 1. The van der Waals surface area contributed by atoms with E-state index in [2.05, 4.69) is 0 Å². The summed E-state index contributed by atoms with van der Waals surface area (Å²) < 4.78 is 1.49. The largest absolute Gasteiger partial charge is 0.365 e. The minimum absolute atomic E-state index is 0.0300. The van der Waals surface area contributed by atoms with Gasteiger partial charge >= 0.3 is 0 Å². The fraction of sp³-hybridized carbons (Fsp3) is 0.400. The maximum atomic E-state index is 11.7. The van der Waals surface area contributed by atoms with E-state index in [4.69, 9.17) is 5.73 Å². The highest BCUT2D eigenvalue weighted by molar-refractivity contribution is 5.92. The third-order valence-electron chi connectivity index (χ3n) is 1.94. The number of carbonyl (C=O) groups is 1. The van der Waals surface area contributed by atoms with Crippen LogP contribution in [0.4, 0.5) is 0 Å². The SMILES string of the molecule is CC(C)(C)n1cccc(C(N)=O)c1=O. The molecule has 0 unspecified atom stereocenters. The monoisotopic (exact) mass is 194 g/mol. The van der Waals surface area contributed by atoms with Crippen molar-refractivity contribution in [2.24, 2.45) is 5.73 Å². The summed E-state index contributed by atoms with van der Waals surface area (Å²) in [4.78, 5) is 22.6. The number of rotatable bonds is 1. The molecule has 0 spiro atoms. The van der Waals surface area contributed by atoms with Crippen molar-refractivity contribution in [1.82, 2.24) is 4.57 Å². The number of amides is 1. The van der Waals surface area contributed by atoms with Crippen molar-refractivity contribution in [1.29, 1.82) is 0 Å². The molecule has 0 aliphatic heterocycles. The van der Waals surface area contributed by atoms with E-state index < -0.39 is 5.91 Å². The molecular weight excluding hydrogens is 180 g/mol. The molecule has 1 amide bonds. The van der Waals surface area contributed by atoms with Gasteiger partial charge in [0.25, 0.3) is 11.5 Å². The molecule has 0 saturated carbocycles. The lowest BCUT2D eigenvalue weighted by molar-refractivity contribution is 0.0998. The molecule has 1 rings (SSSR count). The van der Waals surface area contributed by atoms with Gasteiger partial charge in [0.15, 0.2) is 0 Å². The standard InChI is InChI=1S/C10H14N2O2/c1-10(2,3)12-6-4-5-7(8(11)13)9(12)14/h4-6H,1-3H3,(H2,11,13). The van der Waals surface area contributed by atoms with Gasteiger partial charge < -0.3 is 10.3 Å². The Morgan fingerprint density at radius 3 is 2.43 bits per heavy atom. The Morgan fingerprint density at radius 2 is 2.00 bits per heavy atom. The third kappa shape index (κ3) is 1.84. The summed E-state index contributed by atoms with van der Waals surface area (Å²) in [5.74, 6) is -0.686. The number of nitrogens with zero attached hydrogens (tertiary/aromatic N) is 1. The smallest absolute Gasteiger partial charge is 0.263 e. The number of nitrogens with two attached hydrogens (primary N) is 1. The van der Waals surface area contributed by atoms with Gasteiger partial charge in [0.2, 0.25) is 0 Å².